The van der Waals surface area contributed by atoms with Gasteiger partial charge in [0.1, 0.15) is 11.5 Å². The molecule has 0 spiro atoms. The number of aromatic amines is 1. The van der Waals surface area contributed by atoms with Crippen LogP contribution < -0.4 is 15.2 Å². The highest BCUT2D eigenvalue weighted by molar-refractivity contribution is 5.85. The molecule has 1 aliphatic rings. The molecule has 5 rings (SSSR count). The lowest BCUT2D eigenvalue weighted by atomic mass is 10.0. The SMILES string of the molecule is CN1CCC(N(C)c2cccc(-c3cccc(Oc4cc(=O)[nH]c5ccccc45)c3)c2)CC1. The average Bonchev–Trinajstić information content (AvgIpc) is 2.84. The number of pyridine rings is 1. The molecule has 1 aliphatic heterocycles. The van der Waals surface area contributed by atoms with E-state index in [2.05, 4.69) is 59.2 Å². The van der Waals surface area contributed by atoms with Gasteiger partial charge in [0, 0.05) is 30.2 Å². The van der Waals surface area contributed by atoms with E-state index in [9.17, 15) is 4.79 Å². The molecule has 1 aromatic heterocycles. The molecular formula is C28H29N3O2. The predicted molar refractivity (Wildman–Crippen MR) is 135 cm³/mol. The van der Waals surface area contributed by atoms with Crippen molar-refractivity contribution in [2.24, 2.45) is 0 Å². The van der Waals surface area contributed by atoms with Crippen molar-refractivity contribution in [1.29, 1.82) is 0 Å². The quantitative estimate of drug-likeness (QED) is 0.445. The van der Waals surface area contributed by atoms with Crippen molar-refractivity contribution in [2.75, 3.05) is 32.1 Å². The van der Waals surface area contributed by atoms with Crippen LogP contribution in [0.25, 0.3) is 22.0 Å². The molecule has 1 saturated heterocycles. The Morgan fingerprint density at radius 1 is 0.909 bits per heavy atom. The molecule has 5 nitrogen and oxygen atoms in total. The molecular weight excluding hydrogens is 410 g/mol. The van der Waals surface area contributed by atoms with Gasteiger partial charge in [0.25, 0.3) is 5.56 Å². The molecule has 0 amide bonds. The summed E-state index contributed by atoms with van der Waals surface area (Å²) >= 11 is 0. The first-order chi connectivity index (χ1) is 16.1. The highest BCUT2D eigenvalue weighted by Gasteiger charge is 2.21. The van der Waals surface area contributed by atoms with Crippen molar-refractivity contribution in [3.8, 4) is 22.6 Å². The second kappa shape index (κ2) is 9.12. The molecule has 0 saturated carbocycles. The van der Waals surface area contributed by atoms with E-state index in [1.165, 1.54) is 24.6 Å². The van der Waals surface area contributed by atoms with E-state index >= 15 is 0 Å². The van der Waals surface area contributed by atoms with E-state index in [1.54, 1.807) is 0 Å². The van der Waals surface area contributed by atoms with Gasteiger partial charge in [-0.2, -0.15) is 0 Å². The number of nitrogens with one attached hydrogen (secondary N) is 1. The third-order valence-corrected chi connectivity index (χ3v) is 6.60. The first-order valence-electron chi connectivity index (χ1n) is 11.5. The topological polar surface area (TPSA) is 48.6 Å². The molecule has 4 aromatic rings. The Morgan fingerprint density at radius 2 is 1.64 bits per heavy atom. The number of hydrogen-bond acceptors (Lipinski definition) is 4. The van der Waals surface area contributed by atoms with E-state index in [1.807, 2.05) is 42.5 Å². The molecule has 0 atom stereocenters. The molecule has 0 radical (unpaired) electrons. The van der Waals surface area contributed by atoms with Gasteiger partial charge in [-0.05, 0) is 80.5 Å². The summed E-state index contributed by atoms with van der Waals surface area (Å²) in [4.78, 5) is 19.8. The fourth-order valence-corrected chi connectivity index (χ4v) is 4.62. The average molecular weight is 440 g/mol. The van der Waals surface area contributed by atoms with Gasteiger partial charge in [0.2, 0.25) is 0 Å². The predicted octanol–water partition coefficient (Wildman–Crippen LogP) is 5.52. The summed E-state index contributed by atoms with van der Waals surface area (Å²) < 4.78 is 6.18. The summed E-state index contributed by atoms with van der Waals surface area (Å²) in [5, 5.41) is 0.879. The Balaban J connectivity index is 1.41. The lowest BCUT2D eigenvalue weighted by Gasteiger charge is -2.36. The van der Waals surface area contributed by atoms with Crippen molar-refractivity contribution >= 4 is 16.6 Å². The number of hydrogen-bond donors (Lipinski definition) is 1. The van der Waals surface area contributed by atoms with Crippen molar-refractivity contribution in [3.63, 3.8) is 0 Å². The minimum atomic E-state index is -0.176. The summed E-state index contributed by atoms with van der Waals surface area (Å²) in [7, 11) is 4.40. The first kappa shape index (κ1) is 21.3. The number of piperidine rings is 1. The summed E-state index contributed by atoms with van der Waals surface area (Å²) in [6.45, 7) is 2.29. The molecule has 5 heteroatoms. The van der Waals surface area contributed by atoms with Gasteiger partial charge < -0.3 is 19.5 Å². The van der Waals surface area contributed by atoms with Gasteiger partial charge in [-0.1, -0.05) is 36.4 Å². The minimum absolute atomic E-state index is 0.176. The zero-order valence-corrected chi connectivity index (χ0v) is 19.1. The number of fused-ring (bicyclic) bond motifs is 1. The van der Waals surface area contributed by atoms with Crippen LogP contribution in [-0.4, -0.2) is 43.1 Å². The van der Waals surface area contributed by atoms with Crippen LogP contribution >= 0.6 is 0 Å². The Morgan fingerprint density at radius 3 is 2.45 bits per heavy atom. The smallest absolute Gasteiger partial charge is 0.252 e. The molecule has 1 N–H and O–H groups in total. The second-order valence-electron chi connectivity index (χ2n) is 8.87. The molecule has 1 fully saturated rings. The minimum Gasteiger partial charge on any atom is -0.456 e. The van der Waals surface area contributed by atoms with Crippen LogP contribution in [0.15, 0.2) is 83.7 Å². The highest BCUT2D eigenvalue weighted by atomic mass is 16.5. The molecule has 3 aromatic carbocycles. The van der Waals surface area contributed by atoms with E-state index < -0.39 is 0 Å². The molecule has 0 unspecified atom stereocenters. The fourth-order valence-electron chi connectivity index (χ4n) is 4.62. The normalized spacial score (nSPS) is 15.0. The number of nitrogens with zero attached hydrogens (tertiary/aromatic N) is 2. The third kappa shape index (κ3) is 4.64. The zero-order valence-electron chi connectivity index (χ0n) is 19.1. The van der Waals surface area contributed by atoms with Crippen LogP contribution in [0, 0.1) is 0 Å². The number of likely N-dealkylation sites (tertiary alicyclic amines) is 1. The van der Waals surface area contributed by atoms with Crippen LogP contribution in [0.5, 0.6) is 11.5 Å². The van der Waals surface area contributed by atoms with Crippen LogP contribution in [0.2, 0.25) is 0 Å². The van der Waals surface area contributed by atoms with E-state index in [0.29, 0.717) is 17.5 Å². The third-order valence-electron chi connectivity index (χ3n) is 6.60. The standard InChI is InChI=1S/C28H29N3O2/c1-30-15-13-22(14-16-30)31(2)23-9-5-7-20(17-23)21-8-6-10-24(18-21)33-27-19-28(32)29-26-12-4-3-11-25(26)27/h3-12,17-19,22H,13-16H2,1-2H3,(H,29,32). The van der Waals surface area contributed by atoms with E-state index in [-0.39, 0.29) is 5.56 Å². The maximum absolute atomic E-state index is 12.1. The Hall–Kier alpha value is -3.57. The molecule has 0 bridgehead atoms. The van der Waals surface area contributed by atoms with Crippen LogP contribution in [-0.2, 0) is 0 Å². The summed E-state index contributed by atoms with van der Waals surface area (Å²) in [6.07, 6.45) is 2.37. The number of rotatable bonds is 5. The summed E-state index contributed by atoms with van der Waals surface area (Å²) in [5.41, 5.74) is 4.05. The van der Waals surface area contributed by atoms with Crippen LogP contribution in [0.3, 0.4) is 0 Å². The van der Waals surface area contributed by atoms with Crippen molar-refractivity contribution in [1.82, 2.24) is 9.88 Å². The monoisotopic (exact) mass is 439 g/mol. The molecule has 2 heterocycles. The Labute approximate surface area is 194 Å². The highest BCUT2D eigenvalue weighted by Crippen LogP contribution is 2.32. The molecule has 168 valence electrons. The van der Waals surface area contributed by atoms with Gasteiger partial charge in [-0.15, -0.1) is 0 Å². The van der Waals surface area contributed by atoms with Gasteiger partial charge in [0.05, 0.1) is 5.52 Å². The van der Waals surface area contributed by atoms with Gasteiger partial charge in [-0.3, -0.25) is 4.79 Å². The van der Waals surface area contributed by atoms with Crippen molar-refractivity contribution in [3.05, 3.63) is 89.2 Å². The number of ether oxygens (including phenoxy) is 1. The van der Waals surface area contributed by atoms with Crippen LogP contribution in [0.1, 0.15) is 12.8 Å². The van der Waals surface area contributed by atoms with Gasteiger partial charge >= 0.3 is 0 Å². The molecule has 33 heavy (non-hydrogen) atoms. The summed E-state index contributed by atoms with van der Waals surface area (Å²) in [5.74, 6) is 1.26. The lowest BCUT2D eigenvalue weighted by molar-refractivity contribution is 0.253. The van der Waals surface area contributed by atoms with Gasteiger partial charge in [-0.25, -0.2) is 0 Å². The van der Waals surface area contributed by atoms with E-state index in [4.69, 9.17) is 4.74 Å². The molecule has 0 aliphatic carbocycles. The summed E-state index contributed by atoms with van der Waals surface area (Å²) in [6, 6.07) is 26.5. The Bertz CT molecular complexity index is 1320. The van der Waals surface area contributed by atoms with Gasteiger partial charge in [0.15, 0.2) is 0 Å². The Kier molecular flexibility index (Phi) is 5.88. The lowest BCUT2D eigenvalue weighted by Crippen LogP contribution is -2.41. The largest absolute Gasteiger partial charge is 0.456 e. The first-order valence-corrected chi connectivity index (χ1v) is 11.5. The maximum atomic E-state index is 12.1. The van der Waals surface area contributed by atoms with Crippen LogP contribution in [0.4, 0.5) is 5.69 Å². The number of anilines is 1. The van der Waals surface area contributed by atoms with E-state index in [0.717, 1.165) is 35.1 Å². The fraction of sp³-hybridized carbons (Fsp3) is 0.250. The maximum Gasteiger partial charge on any atom is 0.252 e. The second-order valence-corrected chi connectivity index (χ2v) is 8.87. The zero-order chi connectivity index (χ0) is 22.8. The number of aromatic nitrogens is 1. The number of H-pyrrole nitrogens is 1. The van der Waals surface area contributed by atoms with Crippen molar-refractivity contribution in [2.45, 2.75) is 18.9 Å². The number of para-hydroxylation sites is 1. The number of benzene rings is 3. The van der Waals surface area contributed by atoms with Crippen molar-refractivity contribution < 1.29 is 4.74 Å².